The summed E-state index contributed by atoms with van der Waals surface area (Å²) in [4.78, 5) is 16.8. The quantitative estimate of drug-likeness (QED) is 0.803. The molecule has 2 aliphatic rings. The van der Waals surface area contributed by atoms with E-state index in [2.05, 4.69) is 17.9 Å². The second-order valence-electron chi connectivity index (χ2n) is 5.97. The summed E-state index contributed by atoms with van der Waals surface area (Å²) in [6.45, 7) is 4.76. The molecule has 120 valence electrons. The number of ether oxygens (including phenoxy) is 1. The molecule has 1 aliphatic heterocycles. The molecule has 1 saturated heterocycles. The second kappa shape index (κ2) is 7.92. The minimum absolute atomic E-state index is 0.208. The van der Waals surface area contributed by atoms with E-state index in [1.165, 1.54) is 12.1 Å². The van der Waals surface area contributed by atoms with Crippen LogP contribution in [0.15, 0.2) is 11.8 Å². The molecule has 0 aromatic carbocycles. The van der Waals surface area contributed by atoms with E-state index in [0.29, 0.717) is 13.1 Å². The molecular weight excluding hydrogens is 266 g/mol. The second-order valence-corrected chi connectivity index (χ2v) is 5.97. The number of hydrogen-bond donors (Lipinski definition) is 1. The van der Waals surface area contributed by atoms with Gasteiger partial charge in [-0.25, -0.2) is 0 Å². The van der Waals surface area contributed by atoms with Crippen LogP contribution in [0.1, 0.15) is 39.0 Å². The Morgan fingerprint density at radius 1 is 1.57 bits per heavy atom. The fourth-order valence-electron chi connectivity index (χ4n) is 3.43. The van der Waals surface area contributed by atoms with Crippen LogP contribution in [-0.4, -0.2) is 61.1 Å². The Morgan fingerprint density at radius 2 is 2.38 bits per heavy atom. The van der Waals surface area contributed by atoms with Crippen molar-refractivity contribution in [3.63, 3.8) is 0 Å². The Labute approximate surface area is 128 Å². The van der Waals surface area contributed by atoms with Crippen LogP contribution < -0.4 is 5.73 Å². The Morgan fingerprint density at radius 3 is 2.95 bits per heavy atom. The molecule has 0 aromatic rings. The standard InChI is InChI=1S/C16H29N3O2/c1-3-19(13-6-4-5-7-13)16(20)12-18-9-8-15(21-2)10-14(18)11-17/h6,14-15H,3-5,7-12,17H2,1-2H3. The largest absolute Gasteiger partial charge is 0.381 e. The number of carbonyl (C=O) groups is 1. The highest BCUT2D eigenvalue weighted by Gasteiger charge is 2.30. The summed E-state index contributed by atoms with van der Waals surface area (Å²) in [5, 5.41) is 0. The molecule has 0 saturated carbocycles. The van der Waals surface area contributed by atoms with E-state index >= 15 is 0 Å². The predicted octanol–water partition coefficient (Wildman–Crippen LogP) is 1.34. The summed E-state index contributed by atoms with van der Waals surface area (Å²) in [6, 6.07) is 0.254. The van der Waals surface area contributed by atoms with Crippen LogP contribution >= 0.6 is 0 Å². The summed E-state index contributed by atoms with van der Waals surface area (Å²) in [5.41, 5.74) is 7.09. The Kier molecular flexibility index (Phi) is 6.21. The van der Waals surface area contributed by atoms with Gasteiger partial charge >= 0.3 is 0 Å². The first-order valence-corrected chi connectivity index (χ1v) is 8.15. The molecule has 2 unspecified atom stereocenters. The van der Waals surface area contributed by atoms with E-state index in [-0.39, 0.29) is 18.1 Å². The van der Waals surface area contributed by atoms with Gasteiger partial charge in [0.15, 0.2) is 0 Å². The zero-order valence-electron chi connectivity index (χ0n) is 13.4. The van der Waals surface area contributed by atoms with Crippen molar-refractivity contribution in [2.45, 2.75) is 51.2 Å². The normalized spacial score (nSPS) is 26.7. The molecule has 1 heterocycles. The number of methoxy groups -OCH3 is 1. The first-order chi connectivity index (χ1) is 10.2. The lowest BCUT2D eigenvalue weighted by molar-refractivity contribution is -0.132. The zero-order valence-corrected chi connectivity index (χ0v) is 13.4. The van der Waals surface area contributed by atoms with E-state index in [1.54, 1.807) is 7.11 Å². The SMILES string of the molecule is CCN(C(=O)CN1CCC(OC)CC1CN)C1=CCCC1. The molecule has 5 nitrogen and oxygen atoms in total. The fraction of sp³-hybridized carbons (Fsp3) is 0.812. The van der Waals surface area contributed by atoms with Gasteiger partial charge in [-0.3, -0.25) is 9.69 Å². The molecule has 2 N–H and O–H groups in total. The molecule has 1 aliphatic carbocycles. The predicted molar refractivity (Wildman–Crippen MR) is 83.8 cm³/mol. The van der Waals surface area contributed by atoms with Gasteiger partial charge in [-0.15, -0.1) is 0 Å². The third kappa shape index (κ3) is 4.05. The van der Waals surface area contributed by atoms with E-state index in [4.69, 9.17) is 10.5 Å². The molecule has 0 spiro atoms. The molecule has 21 heavy (non-hydrogen) atoms. The number of allylic oxidation sites excluding steroid dienone is 2. The minimum Gasteiger partial charge on any atom is -0.381 e. The fourth-order valence-corrected chi connectivity index (χ4v) is 3.43. The zero-order chi connectivity index (χ0) is 15.2. The maximum Gasteiger partial charge on any atom is 0.240 e. The van der Waals surface area contributed by atoms with Crippen LogP contribution in [0, 0.1) is 0 Å². The van der Waals surface area contributed by atoms with Gasteiger partial charge in [0.2, 0.25) is 5.91 Å². The van der Waals surface area contributed by atoms with Crippen molar-refractivity contribution in [2.75, 3.05) is 33.3 Å². The van der Waals surface area contributed by atoms with Crippen molar-refractivity contribution in [2.24, 2.45) is 5.73 Å². The number of carbonyl (C=O) groups excluding carboxylic acids is 1. The Balaban J connectivity index is 1.94. The molecule has 2 atom stereocenters. The number of rotatable bonds is 6. The smallest absolute Gasteiger partial charge is 0.240 e. The first-order valence-electron chi connectivity index (χ1n) is 8.15. The summed E-state index contributed by atoms with van der Waals surface area (Å²) < 4.78 is 5.44. The third-order valence-corrected chi connectivity index (χ3v) is 4.71. The highest BCUT2D eigenvalue weighted by Crippen LogP contribution is 2.23. The van der Waals surface area contributed by atoms with Gasteiger partial charge in [0.1, 0.15) is 0 Å². The van der Waals surface area contributed by atoms with E-state index in [0.717, 1.165) is 38.8 Å². The minimum atomic E-state index is 0.208. The van der Waals surface area contributed by atoms with Crippen molar-refractivity contribution in [3.05, 3.63) is 11.8 Å². The average Bonchev–Trinajstić information content (AvgIpc) is 3.02. The van der Waals surface area contributed by atoms with Crippen molar-refractivity contribution < 1.29 is 9.53 Å². The Hall–Kier alpha value is -0.910. The van der Waals surface area contributed by atoms with Gasteiger partial charge in [0, 0.05) is 38.5 Å². The summed E-state index contributed by atoms with van der Waals surface area (Å²) in [7, 11) is 1.75. The van der Waals surface area contributed by atoms with E-state index in [9.17, 15) is 4.79 Å². The average molecular weight is 295 g/mol. The molecule has 1 fully saturated rings. The van der Waals surface area contributed by atoms with E-state index < -0.39 is 0 Å². The Bertz CT molecular complexity index is 384. The topological polar surface area (TPSA) is 58.8 Å². The van der Waals surface area contributed by atoms with Crippen LogP contribution in [0.2, 0.25) is 0 Å². The summed E-state index contributed by atoms with van der Waals surface area (Å²) in [5.74, 6) is 0.208. The van der Waals surface area contributed by atoms with Gasteiger partial charge in [0.25, 0.3) is 0 Å². The van der Waals surface area contributed by atoms with Crippen molar-refractivity contribution in [3.8, 4) is 0 Å². The molecular formula is C16H29N3O2. The molecule has 1 amide bonds. The van der Waals surface area contributed by atoms with Crippen LogP contribution in [0.3, 0.4) is 0 Å². The van der Waals surface area contributed by atoms with Crippen molar-refractivity contribution in [1.82, 2.24) is 9.80 Å². The molecule has 5 heteroatoms. The van der Waals surface area contributed by atoms with E-state index in [1.807, 2.05) is 4.90 Å². The van der Waals surface area contributed by atoms with Gasteiger partial charge in [-0.2, -0.15) is 0 Å². The van der Waals surface area contributed by atoms with Crippen LogP contribution in [-0.2, 0) is 9.53 Å². The number of hydrogen-bond acceptors (Lipinski definition) is 4. The van der Waals surface area contributed by atoms with Crippen molar-refractivity contribution in [1.29, 1.82) is 0 Å². The van der Waals surface area contributed by atoms with Gasteiger partial charge in [-0.05, 0) is 39.0 Å². The number of likely N-dealkylation sites (N-methyl/N-ethyl adjacent to an activating group) is 1. The molecule has 2 rings (SSSR count). The number of likely N-dealkylation sites (tertiary alicyclic amines) is 1. The highest BCUT2D eigenvalue weighted by molar-refractivity contribution is 5.80. The number of amides is 1. The molecule has 0 radical (unpaired) electrons. The third-order valence-electron chi connectivity index (χ3n) is 4.71. The lowest BCUT2D eigenvalue weighted by Gasteiger charge is -2.39. The van der Waals surface area contributed by atoms with Gasteiger partial charge in [0.05, 0.1) is 12.6 Å². The number of piperidine rings is 1. The first kappa shape index (κ1) is 16.5. The highest BCUT2D eigenvalue weighted by atomic mass is 16.5. The van der Waals surface area contributed by atoms with Crippen molar-refractivity contribution >= 4 is 5.91 Å². The van der Waals surface area contributed by atoms with Gasteiger partial charge in [-0.1, -0.05) is 6.08 Å². The van der Waals surface area contributed by atoms with Crippen LogP contribution in [0.25, 0.3) is 0 Å². The van der Waals surface area contributed by atoms with Gasteiger partial charge < -0.3 is 15.4 Å². The van der Waals surface area contributed by atoms with Crippen LogP contribution in [0.5, 0.6) is 0 Å². The molecule has 0 bridgehead atoms. The van der Waals surface area contributed by atoms with Crippen LogP contribution in [0.4, 0.5) is 0 Å². The monoisotopic (exact) mass is 295 g/mol. The lowest BCUT2D eigenvalue weighted by Crippen LogP contribution is -2.52. The molecule has 0 aromatic heterocycles. The number of nitrogens with zero attached hydrogens (tertiary/aromatic N) is 2. The maximum absolute atomic E-state index is 12.6. The lowest BCUT2D eigenvalue weighted by atomic mass is 9.99. The summed E-state index contributed by atoms with van der Waals surface area (Å²) >= 11 is 0. The summed E-state index contributed by atoms with van der Waals surface area (Å²) in [6.07, 6.45) is 7.70. The number of nitrogens with two attached hydrogens (primary N) is 1. The maximum atomic E-state index is 12.6.